The minimum atomic E-state index is -0.339. The van der Waals surface area contributed by atoms with Crippen LogP contribution in [0.2, 0.25) is 0 Å². The minimum absolute atomic E-state index is 0.338. The van der Waals surface area contributed by atoms with Gasteiger partial charge in [0.25, 0.3) is 0 Å². The molecule has 24 heavy (non-hydrogen) atoms. The molecule has 2 aromatic carbocycles. The first-order valence-corrected chi connectivity index (χ1v) is 7.79. The van der Waals surface area contributed by atoms with Crippen LogP contribution in [-0.4, -0.2) is 11.8 Å². The van der Waals surface area contributed by atoms with Crippen molar-refractivity contribution in [2.24, 2.45) is 0 Å². The first kappa shape index (κ1) is 17.5. The maximum atomic E-state index is 11.9. The quantitative estimate of drug-likeness (QED) is 0.834. The number of benzene rings is 2. The highest BCUT2D eigenvalue weighted by Crippen LogP contribution is 2.15. The van der Waals surface area contributed by atoms with Crippen molar-refractivity contribution in [1.29, 1.82) is 0 Å². The maximum Gasteiger partial charge on any atom is 0.248 e. The molecule has 4 nitrogen and oxygen atoms in total. The lowest BCUT2D eigenvalue weighted by atomic mass is 10.1. The SMILES string of the molecule is Cc1cc(C)cc(NC(=O)/C=C\C(=O)Nc2ccc(C)c(C)c2)c1. The van der Waals surface area contributed by atoms with E-state index in [0.717, 1.165) is 27.9 Å². The van der Waals surface area contributed by atoms with Crippen molar-refractivity contribution in [1.82, 2.24) is 0 Å². The fourth-order valence-electron chi connectivity index (χ4n) is 2.39. The Bertz CT molecular complexity index is 787. The van der Waals surface area contributed by atoms with Crippen LogP contribution in [0.25, 0.3) is 0 Å². The number of anilines is 2. The highest BCUT2D eigenvalue weighted by atomic mass is 16.2. The fourth-order valence-corrected chi connectivity index (χ4v) is 2.39. The van der Waals surface area contributed by atoms with Crippen LogP contribution in [0, 0.1) is 27.7 Å². The van der Waals surface area contributed by atoms with Gasteiger partial charge in [-0.1, -0.05) is 12.1 Å². The number of amides is 2. The molecule has 0 bridgehead atoms. The average molecular weight is 322 g/mol. The van der Waals surface area contributed by atoms with E-state index < -0.39 is 0 Å². The lowest BCUT2D eigenvalue weighted by Gasteiger charge is -2.06. The van der Waals surface area contributed by atoms with Gasteiger partial charge in [-0.2, -0.15) is 0 Å². The summed E-state index contributed by atoms with van der Waals surface area (Å²) in [6.07, 6.45) is 2.46. The summed E-state index contributed by atoms with van der Waals surface area (Å²) < 4.78 is 0. The number of rotatable bonds is 4. The largest absolute Gasteiger partial charge is 0.323 e. The van der Waals surface area contributed by atoms with Crippen molar-refractivity contribution in [3.63, 3.8) is 0 Å². The van der Waals surface area contributed by atoms with E-state index in [-0.39, 0.29) is 11.8 Å². The number of hydrogen-bond acceptors (Lipinski definition) is 2. The third-order valence-electron chi connectivity index (χ3n) is 3.65. The van der Waals surface area contributed by atoms with Crippen molar-refractivity contribution in [3.05, 3.63) is 70.8 Å². The number of aryl methyl sites for hydroxylation is 4. The summed E-state index contributed by atoms with van der Waals surface area (Å²) in [7, 11) is 0. The Hall–Kier alpha value is -2.88. The van der Waals surface area contributed by atoms with Crippen molar-refractivity contribution in [2.45, 2.75) is 27.7 Å². The molecule has 2 N–H and O–H groups in total. The Morgan fingerprint density at radius 1 is 0.708 bits per heavy atom. The van der Waals surface area contributed by atoms with E-state index in [2.05, 4.69) is 10.6 Å². The number of carbonyl (C=O) groups is 2. The van der Waals surface area contributed by atoms with Gasteiger partial charge in [0.1, 0.15) is 0 Å². The van der Waals surface area contributed by atoms with Crippen LogP contribution >= 0.6 is 0 Å². The monoisotopic (exact) mass is 322 g/mol. The summed E-state index contributed by atoms with van der Waals surface area (Å²) in [6.45, 7) is 7.93. The van der Waals surface area contributed by atoms with Crippen molar-refractivity contribution < 1.29 is 9.59 Å². The highest BCUT2D eigenvalue weighted by Gasteiger charge is 2.03. The van der Waals surface area contributed by atoms with Gasteiger partial charge in [-0.05, 0) is 74.2 Å². The zero-order valence-corrected chi connectivity index (χ0v) is 14.4. The summed E-state index contributed by atoms with van der Waals surface area (Å²) in [5, 5.41) is 5.50. The van der Waals surface area contributed by atoms with E-state index in [1.54, 1.807) is 0 Å². The molecule has 0 heterocycles. The first-order chi connectivity index (χ1) is 11.3. The molecule has 2 aromatic rings. The van der Waals surface area contributed by atoms with E-state index in [1.807, 2.05) is 64.1 Å². The smallest absolute Gasteiger partial charge is 0.248 e. The standard InChI is InChI=1S/C20H22N2O2/c1-13-9-14(2)11-18(10-13)22-20(24)8-7-19(23)21-17-6-5-15(3)16(4)12-17/h5-12H,1-4H3,(H,21,23)(H,22,24)/b8-7-. The molecule has 0 aliphatic heterocycles. The van der Waals surface area contributed by atoms with Gasteiger partial charge >= 0.3 is 0 Å². The second kappa shape index (κ2) is 7.59. The molecule has 0 fully saturated rings. The Balaban J connectivity index is 1.95. The molecule has 0 atom stereocenters. The van der Waals surface area contributed by atoms with Gasteiger partial charge in [-0.25, -0.2) is 0 Å². The second-order valence-corrected chi connectivity index (χ2v) is 5.99. The molecule has 0 saturated heterocycles. The molecule has 4 heteroatoms. The van der Waals surface area contributed by atoms with Crippen LogP contribution in [-0.2, 0) is 9.59 Å². The number of nitrogens with one attached hydrogen (secondary N) is 2. The van der Waals surface area contributed by atoms with E-state index in [0.29, 0.717) is 5.69 Å². The van der Waals surface area contributed by atoms with Gasteiger partial charge in [0.15, 0.2) is 0 Å². The molecular formula is C20H22N2O2. The second-order valence-electron chi connectivity index (χ2n) is 5.99. The van der Waals surface area contributed by atoms with Gasteiger partial charge in [-0.15, -0.1) is 0 Å². The Labute approximate surface area is 142 Å². The molecule has 0 aromatic heterocycles. The lowest BCUT2D eigenvalue weighted by molar-refractivity contribution is -0.114. The van der Waals surface area contributed by atoms with E-state index in [4.69, 9.17) is 0 Å². The normalized spacial score (nSPS) is 10.7. The van der Waals surface area contributed by atoms with Gasteiger partial charge in [-0.3, -0.25) is 9.59 Å². The van der Waals surface area contributed by atoms with Gasteiger partial charge in [0.2, 0.25) is 11.8 Å². The summed E-state index contributed by atoms with van der Waals surface area (Å²) >= 11 is 0. The molecule has 0 saturated carbocycles. The Morgan fingerprint density at radius 3 is 1.79 bits per heavy atom. The molecule has 124 valence electrons. The van der Waals surface area contributed by atoms with Crippen molar-refractivity contribution in [3.8, 4) is 0 Å². The third-order valence-corrected chi connectivity index (χ3v) is 3.65. The Kier molecular flexibility index (Phi) is 5.53. The van der Waals surface area contributed by atoms with E-state index in [1.165, 1.54) is 12.2 Å². The molecule has 0 spiro atoms. The van der Waals surface area contributed by atoms with Gasteiger partial charge in [0, 0.05) is 23.5 Å². The molecule has 0 aliphatic carbocycles. The summed E-state index contributed by atoms with van der Waals surface area (Å²) in [5.74, 6) is -0.677. The van der Waals surface area contributed by atoms with Crippen LogP contribution in [0.15, 0.2) is 48.6 Å². The molecule has 2 rings (SSSR count). The molecular weight excluding hydrogens is 300 g/mol. The van der Waals surface area contributed by atoms with Crippen LogP contribution in [0.5, 0.6) is 0 Å². The van der Waals surface area contributed by atoms with E-state index >= 15 is 0 Å². The van der Waals surface area contributed by atoms with Crippen LogP contribution in [0.4, 0.5) is 11.4 Å². The number of hydrogen-bond donors (Lipinski definition) is 2. The summed E-state index contributed by atoms with van der Waals surface area (Å²) in [5.41, 5.74) is 5.84. The van der Waals surface area contributed by atoms with Crippen molar-refractivity contribution in [2.75, 3.05) is 10.6 Å². The summed E-state index contributed by atoms with van der Waals surface area (Å²) in [6, 6.07) is 11.5. The number of carbonyl (C=O) groups excluding carboxylic acids is 2. The van der Waals surface area contributed by atoms with Crippen LogP contribution in [0.3, 0.4) is 0 Å². The predicted molar refractivity (Wildman–Crippen MR) is 98.2 cm³/mol. The molecule has 0 aliphatic rings. The lowest BCUT2D eigenvalue weighted by Crippen LogP contribution is -2.12. The fraction of sp³-hybridized carbons (Fsp3) is 0.200. The summed E-state index contributed by atoms with van der Waals surface area (Å²) in [4.78, 5) is 23.8. The maximum absolute atomic E-state index is 11.9. The van der Waals surface area contributed by atoms with E-state index in [9.17, 15) is 9.59 Å². The zero-order valence-electron chi connectivity index (χ0n) is 14.4. The molecule has 0 unspecified atom stereocenters. The third kappa shape index (κ3) is 5.09. The van der Waals surface area contributed by atoms with Crippen molar-refractivity contribution >= 4 is 23.2 Å². The highest BCUT2D eigenvalue weighted by molar-refractivity contribution is 6.06. The predicted octanol–water partition coefficient (Wildman–Crippen LogP) is 4.05. The first-order valence-electron chi connectivity index (χ1n) is 7.79. The van der Waals surface area contributed by atoms with Gasteiger partial charge < -0.3 is 10.6 Å². The molecule has 0 radical (unpaired) electrons. The Morgan fingerprint density at radius 2 is 1.25 bits per heavy atom. The molecule has 2 amide bonds. The zero-order chi connectivity index (χ0) is 17.7. The van der Waals surface area contributed by atoms with Crippen LogP contribution < -0.4 is 10.6 Å². The average Bonchev–Trinajstić information content (AvgIpc) is 2.48. The van der Waals surface area contributed by atoms with Gasteiger partial charge in [0.05, 0.1) is 0 Å². The topological polar surface area (TPSA) is 58.2 Å². The van der Waals surface area contributed by atoms with Crippen LogP contribution in [0.1, 0.15) is 22.3 Å². The minimum Gasteiger partial charge on any atom is -0.323 e.